The van der Waals surface area contributed by atoms with E-state index in [0.717, 1.165) is 23.7 Å². The van der Waals surface area contributed by atoms with Crippen molar-refractivity contribution in [1.82, 2.24) is 20.4 Å². The van der Waals surface area contributed by atoms with Crippen molar-refractivity contribution >= 4 is 18.3 Å². The standard InChI is InChI=1S/C13H22N4O.ClH/c1-9(12-7-15-17(3)10(12)2)16-13(18)8-14-6-11-4-5-11;/h7,9,11,14H,4-6,8H2,1-3H3,(H,16,18);1H. The van der Waals surface area contributed by atoms with Crippen LogP contribution in [0.15, 0.2) is 6.20 Å². The van der Waals surface area contributed by atoms with Crippen LogP contribution in [-0.2, 0) is 11.8 Å². The summed E-state index contributed by atoms with van der Waals surface area (Å²) in [7, 11) is 1.91. The Bertz CT molecular complexity index is 428. The summed E-state index contributed by atoms with van der Waals surface area (Å²) in [6.45, 7) is 5.37. The number of hydrogen-bond donors (Lipinski definition) is 2. The second-order valence-corrected chi connectivity index (χ2v) is 5.17. The van der Waals surface area contributed by atoms with Crippen molar-refractivity contribution in [2.75, 3.05) is 13.1 Å². The highest BCUT2D eigenvalue weighted by Crippen LogP contribution is 2.27. The molecular weight excluding hydrogens is 264 g/mol. The van der Waals surface area contributed by atoms with Gasteiger partial charge in [-0.1, -0.05) is 0 Å². The van der Waals surface area contributed by atoms with Crippen molar-refractivity contribution in [3.8, 4) is 0 Å². The van der Waals surface area contributed by atoms with Gasteiger partial charge in [-0.25, -0.2) is 0 Å². The van der Waals surface area contributed by atoms with Crippen molar-refractivity contribution in [1.29, 1.82) is 0 Å². The second kappa shape index (κ2) is 6.91. The molecule has 0 radical (unpaired) electrons. The number of aryl methyl sites for hydroxylation is 1. The monoisotopic (exact) mass is 286 g/mol. The maximum Gasteiger partial charge on any atom is 0.234 e. The molecule has 1 aliphatic carbocycles. The zero-order valence-corrected chi connectivity index (χ0v) is 12.6. The van der Waals surface area contributed by atoms with Crippen LogP contribution >= 0.6 is 12.4 Å². The first-order valence-corrected chi connectivity index (χ1v) is 6.56. The number of nitrogens with one attached hydrogen (secondary N) is 2. The molecule has 0 bridgehead atoms. The molecule has 0 aromatic carbocycles. The smallest absolute Gasteiger partial charge is 0.234 e. The average Bonchev–Trinajstić information content (AvgIpc) is 3.07. The number of carbonyl (C=O) groups excluding carboxylic acids is 1. The Balaban J connectivity index is 0.00000180. The fourth-order valence-electron chi connectivity index (χ4n) is 2.02. The molecule has 1 heterocycles. The Labute approximate surface area is 120 Å². The summed E-state index contributed by atoms with van der Waals surface area (Å²) in [6.07, 6.45) is 4.43. The minimum Gasteiger partial charge on any atom is -0.348 e. The quantitative estimate of drug-likeness (QED) is 0.829. The molecule has 1 aromatic heterocycles. The summed E-state index contributed by atoms with van der Waals surface area (Å²) >= 11 is 0. The molecule has 19 heavy (non-hydrogen) atoms. The van der Waals surface area contributed by atoms with E-state index in [2.05, 4.69) is 15.7 Å². The first-order chi connectivity index (χ1) is 8.58. The summed E-state index contributed by atoms with van der Waals surface area (Å²) in [5.74, 6) is 0.849. The lowest BCUT2D eigenvalue weighted by Crippen LogP contribution is -2.36. The average molecular weight is 287 g/mol. The van der Waals surface area contributed by atoms with Gasteiger partial charge in [-0.15, -0.1) is 12.4 Å². The topological polar surface area (TPSA) is 59.0 Å². The number of rotatable bonds is 6. The minimum absolute atomic E-state index is 0. The van der Waals surface area contributed by atoms with E-state index in [-0.39, 0.29) is 24.4 Å². The van der Waals surface area contributed by atoms with Crippen LogP contribution in [-0.4, -0.2) is 28.8 Å². The molecule has 0 aliphatic heterocycles. The third-order valence-electron chi connectivity index (χ3n) is 3.53. The van der Waals surface area contributed by atoms with Crippen LogP contribution in [0, 0.1) is 12.8 Å². The Morgan fingerprint density at radius 2 is 2.26 bits per heavy atom. The highest BCUT2D eigenvalue weighted by atomic mass is 35.5. The van der Waals surface area contributed by atoms with E-state index < -0.39 is 0 Å². The molecule has 1 unspecified atom stereocenters. The summed E-state index contributed by atoms with van der Waals surface area (Å²) in [5, 5.41) is 10.4. The van der Waals surface area contributed by atoms with Crippen molar-refractivity contribution < 1.29 is 4.79 Å². The number of halogens is 1. The van der Waals surface area contributed by atoms with Gasteiger partial charge in [0.1, 0.15) is 0 Å². The van der Waals surface area contributed by atoms with Gasteiger partial charge in [-0.05, 0) is 39.2 Å². The molecule has 0 saturated heterocycles. The molecular formula is C13H23ClN4O. The summed E-state index contributed by atoms with van der Waals surface area (Å²) in [4.78, 5) is 11.7. The van der Waals surface area contributed by atoms with Gasteiger partial charge in [0.2, 0.25) is 5.91 Å². The van der Waals surface area contributed by atoms with Gasteiger partial charge in [0.05, 0.1) is 18.8 Å². The van der Waals surface area contributed by atoms with Gasteiger partial charge in [0.15, 0.2) is 0 Å². The zero-order valence-electron chi connectivity index (χ0n) is 11.8. The third-order valence-corrected chi connectivity index (χ3v) is 3.53. The number of hydrogen-bond acceptors (Lipinski definition) is 3. The van der Waals surface area contributed by atoms with Crippen molar-refractivity contribution in [2.24, 2.45) is 13.0 Å². The molecule has 1 saturated carbocycles. The largest absolute Gasteiger partial charge is 0.348 e. The van der Waals surface area contributed by atoms with Gasteiger partial charge < -0.3 is 10.6 Å². The van der Waals surface area contributed by atoms with E-state index in [4.69, 9.17) is 0 Å². The Kier molecular flexibility index (Phi) is 5.82. The molecule has 1 amide bonds. The van der Waals surface area contributed by atoms with E-state index >= 15 is 0 Å². The normalized spacial score (nSPS) is 15.7. The van der Waals surface area contributed by atoms with Gasteiger partial charge >= 0.3 is 0 Å². The van der Waals surface area contributed by atoms with Crippen molar-refractivity contribution in [3.05, 3.63) is 17.5 Å². The van der Waals surface area contributed by atoms with E-state index in [1.54, 1.807) is 0 Å². The van der Waals surface area contributed by atoms with Crippen LogP contribution in [0.5, 0.6) is 0 Å². The van der Waals surface area contributed by atoms with Crippen LogP contribution in [0.3, 0.4) is 0 Å². The van der Waals surface area contributed by atoms with Gasteiger partial charge in [0, 0.05) is 18.3 Å². The summed E-state index contributed by atoms with van der Waals surface area (Å²) < 4.78 is 1.82. The second-order valence-electron chi connectivity index (χ2n) is 5.17. The molecule has 2 N–H and O–H groups in total. The van der Waals surface area contributed by atoms with Gasteiger partial charge in [0.25, 0.3) is 0 Å². The fraction of sp³-hybridized carbons (Fsp3) is 0.692. The number of carbonyl (C=O) groups is 1. The molecule has 108 valence electrons. The van der Waals surface area contributed by atoms with Crippen LogP contribution in [0.4, 0.5) is 0 Å². The third kappa shape index (κ3) is 4.51. The van der Waals surface area contributed by atoms with Crippen molar-refractivity contribution in [3.63, 3.8) is 0 Å². The minimum atomic E-state index is 0. The van der Waals surface area contributed by atoms with E-state index in [0.29, 0.717) is 6.54 Å². The molecule has 6 heteroatoms. The zero-order chi connectivity index (χ0) is 13.1. The predicted molar refractivity (Wildman–Crippen MR) is 77.3 cm³/mol. The Hall–Kier alpha value is -1.07. The molecule has 1 aromatic rings. The Morgan fingerprint density at radius 3 is 2.79 bits per heavy atom. The SMILES string of the molecule is Cc1c(C(C)NC(=O)CNCC2CC2)cnn1C.Cl. The predicted octanol–water partition coefficient (Wildman–Crippen LogP) is 1.33. The fourth-order valence-corrected chi connectivity index (χ4v) is 2.02. The lowest BCUT2D eigenvalue weighted by Gasteiger charge is -2.14. The van der Waals surface area contributed by atoms with Crippen LogP contribution < -0.4 is 10.6 Å². The lowest BCUT2D eigenvalue weighted by molar-refractivity contribution is -0.120. The number of amides is 1. The molecule has 0 spiro atoms. The number of aromatic nitrogens is 2. The summed E-state index contributed by atoms with van der Waals surface area (Å²) in [6, 6.07) is 0.00826. The highest BCUT2D eigenvalue weighted by molar-refractivity contribution is 5.85. The lowest BCUT2D eigenvalue weighted by atomic mass is 10.1. The van der Waals surface area contributed by atoms with Crippen LogP contribution in [0.2, 0.25) is 0 Å². The summed E-state index contributed by atoms with van der Waals surface area (Å²) in [5.41, 5.74) is 2.17. The van der Waals surface area contributed by atoms with Crippen LogP contribution in [0.25, 0.3) is 0 Å². The van der Waals surface area contributed by atoms with E-state index in [9.17, 15) is 4.79 Å². The molecule has 5 nitrogen and oxygen atoms in total. The molecule has 2 rings (SSSR count). The van der Waals surface area contributed by atoms with Gasteiger partial charge in [-0.2, -0.15) is 5.10 Å². The van der Waals surface area contributed by atoms with Crippen LogP contribution in [0.1, 0.15) is 37.1 Å². The van der Waals surface area contributed by atoms with E-state index in [1.165, 1.54) is 12.8 Å². The molecule has 1 atom stereocenters. The number of nitrogens with zero attached hydrogens (tertiary/aromatic N) is 2. The maximum absolute atomic E-state index is 11.7. The molecule has 1 aliphatic rings. The first kappa shape index (κ1) is 16.0. The van der Waals surface area contributed by atoms with Crippen molar-refractivity contribution in [2.45, 2.75) is 32.7 Å². The highest BCUT2D eigenvalue weighted by Gasteiger charge is 2.21. The Morgan fingerprint density at radius 1 is 1.58 bits per heavy atom. The van der Waals surface area contributed by atoms with E-state index in [1.807, 2.05) is 31.8 Å². The molecule has 1 fully saturated rings. The first-order valence-electron chi connectivity index (χ1n) is 6.56. The van der Waals surface area contributed by atoms with Gasteiger partial charge in [-0.3, -0.25) is 9.48 Å². The maximum atomic E-state index is 11.7.